The number of carbonyl (C=O) groups excluding carboxylic acids is 3. The second-order valence-electron chi connectivity index (χ2n) is 8.31. The largest absolute Gasteiger partial charge is 0.493 e. The maximum Gasteiger partial charge on any atom is 0.416 e. The summed E-state index contributed by atoms with van der Waals surface area (Å²) in [4.78, 5) is 50.5. The van der Waals surface area contributed by atoms with Crippen molar-refractivity contribution in [3.8, 4) is 17.2 Å². The van der Waals surface area contributed by atoms with E-state index in [1.807, 2.05) is 0 Å². The molecular weight excluding hydrogens is 531 g/mol. The fourth-order valence-corrected chi connectivity index (χ4v) is 4.73. The molecule has 0 atom stereocenters. The predicted octanol–water partition coefficient (Wildman–Crippen LogP) is 5.07. The minimum absolute atomic E-state index is 0.0307. The van der Waals surface area contributed by atoms with Crippen LogP contribution in [0, 0.1) is 10.1 Å². The smallest absolute Gasteiger partial charge is 0.416 e. The van der Waals surface area contributed by atoms with Crippen molar-refractivity contribution in [2.45, 2.75) is 19.0 Å². The molecular formula is C24H20F3N3O7S. The van der Waals surface area contributed by atoms with E-state index in [9.17, 15) is 37.7 Å². The lowest BCUT2D eigenvalue weighted by atomic mass is 10.1. The van der Waals surface area contributed by atoms with Crippen molar-refractivity contribution in [1.82, 2.24) is 9.80 Å². The van der Waals surface area contributed by atoms with Gasteiger partial charge >= 0.3 is 11.9 Å². The number of thioether (sulfide) groups is 1. The number of nitro benzene ring substituents is 1. The Morgan fingerprint density at radius 1 is 1.11 bits per heavy atom. The van der Waals surface area contributed by atoms with Crippen molar-refractivity contribution in [2.24, 2.45) is 0 Å². The van der Waals surface area contributed by atoms with Crippen LogP contribution in [0.1, 0.15) is 24.0 Å². The summed E-state index contributed by atoms with van der Waals surface area (Å²) in [5.74, 6) is -1.31. The molecule has 0 aliphatic carbocycles. The van der Waals surface area contributed by atoms with Crippen LogP contribution in [0.5, 0.6) is 17.2 Å². The van der Waals surface area contributed by atoms with Crippen molar-refractivity contribution in [3.63, 3.8) is 0 Å². The van der Waals surface area contributed by atoms with Gasteiger partial charge in [-0.25, -0.2) is 0 Å². The summed E-state index contributed by atoms with van der Waals surface area (Å²) in [6.07, 6.45) is -1.61. The van der Waals surface area contributed by atoms with Crippen LogP contribution in [-0.2, 0) is 15.8 Å². The van der Waals surface area contributed by atoms with Gasteiger partial charge in [0.25, 0.3) is 11.1 Å². The van der Waals surface area contributed by atoms with Crippen molar-refractivity contribution >= 4 is 40.6 Å². The molecule has 0 saturated carbocycles. The Hall–Kier alpha value is -4.07. The minimum Gasteiger partial charge on any atom is -0.493 e. The van der Waals surface area contributed by atoms with Crippen molar-refractivity contribution in [3.05, 3.63) is 62.5 Å². The highest BCUT2D eigenvalue weighted by atomic mass is 32.2. The van der Waals surface area contributed by atoms with E-state index in [1.54, 1.807) is 4.90 Å². The molecule has 10 nitrogen and oxygen atoms in total. The second-order valence-corrected chi connectivity index (χ2v) is 9.30. The van der Waals surface area contributed by atoms with Crippen molar-refractivity contribution < 1.29 is 42.0 Å². The number of hydrogen-bond donors (Lipinski definition) is 0. The Balaban J connectivity index is 1.54. The highest BCUT2D eigenvalue weighted by molar-refractivity contribution is 8.18. The number of amides is 3. The topological polar surface area (TPSA) is 119 Å². The lowest BCUT2D eigenvalue weighted by Gasteiger charge is -2.18. The summed E-state index contributed by atoms with van der Waals surface area (Å²) in [6.45, 7) is 0.841. The average molecular weight is 551 g/mol. The molecule has 14 heteroatoms. The molecule has 0 bridgehead atoms. The first kappa shape index (κ1) is 27.0. The SMILES string of the molecule is COc1cc(/C=C2/SC(=O)N(CC(=O)N3CCCC3)C2=O)ccc1Oc1ccc(C(F)(F)F)cc1[N+](=O)[O-]. The summed E-state index contributed by atoms with van der Waals surface area (Å²) in [5.41, 5.74) is -1.68. The number of likely N-dealkylation sites (tertiary alicyclic amines) is 1. The third-order valence-corrected chi connectivity index (χ3v) is 6.72. The number of benzene rings is 2. The molecule has 38 heavy (non-hydrogen) atoms. The standard InChI is InChI=1S/C24H20F3N3O7S/c1-36-19-10-14(11-20-22(32)29(23(33)38-20)13-21(31)28-8-2-3-9-28)4-6-18(19)37-17-7-5-15(24(25,26)27)12-16(17)30(34)35/h4-7,10-12H,2-3,8-9,13H2,1H3/b20-11+. The van der Waals surface area contributed by atoms with E-state index in [0.29, 0.717) is 42.5 Å². The minimum atomic E-state index is -4.77. The number of hydrogen-bond acceptors (Lipinski definition) is 8. The van der Waals surface area contributed by atoms with Gasteiger partial charge in [0.15, 0.2) is 11.5 Å². The Kier molecular flexibility index (Phi) is 7.62. The number of nitrogens with zero attached hydrogens (tertiary/aromatic N) is 3. The summed E-state index contributed by atoms with van der Waals surface area (Å²) in [7, 11) is 1.28. The molecule has 4 rings (SSSR count). The monoisotopic (exact) mass is 551 g/mol. The fourth-order valence-electron chi connectivity index (χ4n) is 3.89. The summed E-state index contributed by atoms with van der Waals surface area (Å²) in [5, 5.41) is 10.8. The van der Waals surface area contributed by atoms with Crippen LogP contribution in [-0.4, -0.2) is 58.5 Å². The molecule has 2 aliphatic rings. The van der Waals surface area contributed by atoms with Crippen LogP contribution in [0.2, 0.25) is 0 Å². The normalized spacial score (nSPS) is 16.9. The predicted molar refractivity (Wildman–Crippen MR) is 130 cm³/mol. The summed E-state index contributed by atoms with van der Waals surface area (Å²) in [6, 6.07) is 6.13. The Bertz CT molecular complexity index is 1340. The zero-order chi connectivity index (χ0) is 27.6. The first-order valence-electron chi connectivity index (χ1n) is 11.2. The van der Waals surface area contributed by atoms with Gasteiger partial charge < -0.3 is 14.4 Å². The molecule has 0 radical (unpaired) electrons. The first-order chi connectivity index (χ1) is 18.0. The van der Waals surface area contributed by atoms with Gasteiger partial charge in [-0.15, -0.1) is 0 Å². The maximum atomic E-state index is 13.0. The van der Waals surface area contributed by atoms with E-state index in [-0.39, 0.29) is 28.9 Å². The molecule has 2 aromatic carbocycles. The third kappa shape index (κ3) is 5.74. The lowest BCUT2D eigenvalue weighted by molar-refractivity contribution is -0.385. The van der Waals surface area contributed by atoms with E-state index >= 15 is 0 Å². The molecule has 0 spiro atoms. The van der Waals surface area contributed by atoms with Crippen molar-refractivity contribution in [2.75, 3.05) is 26.7 Å². The van der Waals surface area contributed by atoms with Crippen LogP contribution >= 0.6 is 11.8 Å². The quantitative estimate of drug-likeness (QED) is 0.266. The van der Waals surface area contributed by atoms with Gasteiger partial charge in [-0.3, -0.25) is 29.4 Å². The van der Waals surface area contributed by atoms with Gasteiger partial charge in [0.2, 0.25) is 11.7 Å². The molecule has 2 heterocycles. The highest BCUT2D eigenvalue weighted by Gasteiger charge is 2.37. The molecule has 2 aromatic rings. The van der Waals surface area contributed by atoms with E-state index in [4.69, 9.17) is 9.47 Å². The van der Waals surface area contributed by atoms with Gasteiger partial charge in [0, 0.05) is 19.2 Å². The average Bonchev–Trinajstić information content (AvgIpc) is 3.49. The summed E-state index contributed by atoms with van der Waals surface area (Å²) < 4.78 is 49.7. The van der Waals surface area contributed by atoms with Crippen molar-refractivity contribution in [1.29, 1.82) is 0 Å². The third-order valence-electron chi connectivity index (χ3n) is 5.81. The number of rotatable bonds is 7. The molecule has 2 fully saturated rings. The summed E-state index contributed by atoms with van der Waals surface area (Å²) >= 11 is 0.679. The van der Waals surface area contributed by atoms with Gasteiger partial charge in [-0.1, -0.05) is 6.07 Å². The van der Waals surface area contributed by atoms with Crippen LogP contribution in [0.25, 0.3) is 6.08 Å². The Labute approximate surface area is 218 Å². The zero-order valence-electron chi connectivity index (χ0n) is 19.8. The Morgan fingerprint density at radius 3 is 2.42 bits per heavy atom. The molecule has 0 unspecified atom stereocenters. The maximum absolute atomic E-state index is 13.0. The molecule has 3 amide bonds. The molecule has 0 aromatic heterocycles. The van der Waals surface area contributed by atoms with E-state index < -0.39 is 39.2 Å². The number of methoxy groups -OCH3 is 1. The van der Waals surface area contributed by atoms with Crippen LogP contribution < -0.4 is 9.47 Å². The van der Waals surface area contributed by atoms with Crippen LogP contribution in [0.4, 0.5) is 23.7 Å². The molecule has 0 N–H and O–H groups in total. The van der Waals surface area contributed by atoms with Crippen LogP contribution in [0.3, 0.4) is 0 Å². The molecule has 2 saturated heterocycles. The van der Waals surface area contributed by atoms with E-state index in [1.165, 1.54) is 31.4 Å². The number of imide groups is 1. The van der Waals surface area contributed by atoms with Gasteiger partial charge in [0.1, 0.15) is 6.54 Å². The van der Waals surface area contributed by atoms with Gasteiger partial charge in [-0.05, 0) is 60.5 Å². The number of nitro groups is 1. The van der Waals surface area contributed by atoms with E-state index in [0.717, 1.165) is 23.8 Å². The number of halogens is 3. The van der Waals surface area contributed by atoms with Gasteiger partial charge in [0.05, 0.1) is 22.5 Å². The molecule has 2 aliphatic heterocycles. The second kappa shape index (κ2) is 10.7. The first-order valence-corrected chi connectivity index (χ1v) is 12.0. The number of ether oxygens (including phenoxy) is 2. The number of carbonyl (C=O) groups is 3. The lowest BCUT2D eigenvalue weighted by Crippen LogP contribution is -2.40. The molecule has 200 valence electrons. The van der Waals surface area contributed by atoms with Crippen LogP contribution in [0.15, 0.2) is 41.3 Å². The highest BCUT2D eigenvalue weighted by Crippen LogP contribution is 2.41. The fraction of sp³-hybridized carbons (Fsp3) is 0.292. The van der Waals surface area contributed by atoms with Gasteiger partial charge in [-0.2, -0.15) is 13.2 Å². The number of alkyl halides is 3. The Morgan fingerprint density at radius 2 is 1.79 bits per heavy atom. The zero-order valence-corrected chi connectivity index (χ0v) is 20.6. The van der Waals surface area contributed by atoms with E-state index in [2.05, 4.69) is 0 Å².